The Bertz CT molecular complexity index is 368. The lowest BCUT2D eigenvalue weighted by Crippen LogP contribution is -2.54. The highest BCUT2D eigenvalue weighted by molar-refractivity contribution is 4.89. The van der Waals surface area contributed by atoms with Crippen LogP contribution < -0.4 is 0 Å². The first-order chi connectivity index (χ1) is 10.8. The molecular formula is C20H38O3. The van der Waals surface area contributed by atoms with E-state index in [9.17, 15) is 0 Å². The van der Waals surface area contributed by atoms with E-state index in [0.29, 0.717) is 41.8 Å². The van der Waals surface area contributed by atoms with Crippen molar-refractivity contribution < 1.29 is 14.2 Å². The van der Waals surface area contributed by atoms with Crippen molar-refractivity contribution in [1.82, 2.24) is 0 Å². The van der Waals surface area contributed by atoms with Crippen molar-refractivity contribution in [1.29, 1.82) is 0 Å². The summed E-state index contributed by atoms with van der Waals surface area (Å²) in [6.45, 7) is 18.1. The molecule has 0 aromatic rings. The van der Waals surface area contributed by atoms with Crippen molar-refractivity contribution in [3.05, 3.63) is 0 Å². The van der Waals surface area contributed by atoms with Crippen molar-refractivity contribution in [2.75, 3.05) is 0 Å². The summed E-state index contributed by atoms with van der Waals surface area (Å²) in [5.41, 5.74) is 0. The summed E-state index contributed by atoms with van der Waals surface area (Å²) in [6, 6.07) is 0. The highest BCUT2D eigenvalue weighted by atomic mass is 16.7. The van der Waals surface area contributed by atoms with Crippen LogP contribution in [0.25, 0.3) is 0 Å². The topological polar surface area (TPSA) is 27.7 Å². The lowest BCUT2D eigenvalue weighted by atomic mass is 9.77. The standard InChI is InChI=1S/C20H38O3/c1-9-17-13(5)11(3)15(7)20(22-17)23-19-14(6)12(4)16(8)21-18(19)10-2/h11-20H,9-10H2,1-8H3/t11-,12?,13+,14-,15?,16?,17?,18?,19-,20-/m0/s1. The van der Waals surface area contributed by atoms with Crippen molar-refractivity contribution in [2.24, 2.45) is 29.6 Å². The Labute approximate surface area is 143 Å². The van der Waals surface area contributed by atoms with Gasteiger partial charge in [0.15, 0.2) is 6.29 Å². The summed E-state index contributed by atoms with van der Waals surface area (Å²) in [4.78, 5) is 0. The second-order valence-corrected chi connectivity index (χ2v) is 8.14. The zero-order valence-corrected chi connectivity index (χ0v) is 16.4. The molecule has 0 saturated carbocycles. The van der Waals surface area contributed by atoms with E-state index in [1.807, 2.05) is 0 Å². The van der Waals surface area contributed by atoms with Gasteiger partial charge in [-0.3, -0.25) is 0 Å². The molecule has 3 nitrogen and oxygen atoms in total. The summed E-state index contributed by atoms with van der Waals surface area (Å²) >= 11 is 0. The minimum absolute atomic E-state index is 0.100. The van der Waals surface area contributed by atoms with Gasteiger partial charge in [0.2, 0.25) is 0 Å². The van der Waals surface area contributed by atoms with Crippen LogP contribution in [0.3, 0.4) is 0 Å². The van der Waals surface area contributed by atoms with Crippen molar-refractivity contribution in [3.8, 4) is 0 Å². The summed E-state index contributed by atoms with van der Waals surface area (Å²) in [5.74, 6) is 2.65. The van der Waals surface area contributed by atoms with Crippen LogP contribution in [0.5, 0.6) is 0 Å². The van der Waals surface area contributed by atoms with Crippen LogP contribution in [-0.4, -0.2) is 30.7 Å². The van der Waals surface area contributed by atoms with Gasteiger partial charge in [0, 0.05) is 5.92 Å². The van der Waals surface area contributed by atoms with E-state index >= 15 is 0 Å². The van der Waals surface area contributed by atoms with E-state index < -0.39 is 0 Å². The molecule has 0 aromatic carbocycles. The zero-order valence-electron chi connectivity index (χ0n) is 16.4. The predicted octanol–water partition coefficient (Wildman–Crippen LogP) is 4.88. The van der Waals surface area contributed by atoms with Crippen LogP contribution in [0.4, 0.5) is 0 Å². The van der Waals surface area contributed by atoms with Crippen LogP contribution in [0, 0.1) is 29.6 Å². The molecule has 0 radical (unpaired) electrons. The first-order valence-corrected chi connectivity index (χ1v) is 9.78. The van der Waals surface area contributed by atoms with E-state index in [4.69, 9.17) is 14.2 Å². The summed E-state index contributed by atoms with van der Waals surface area (Å²) in [7, 11) is 0. The molecule has 5 unspecified atom stereocenters. The fourth-order valence-electron chi connectivity index (χ4n) is 4.35. The van der Waals surface area contributed by atoms with Crippen molar-refractivity contribution in [3.63, 3.8) is 0 Å². The van der Waals surface area contributed by atoms with Gasteiger partial charge < -0.3 is 14.2 Å². The Hall–Kier alpha value is -0.120. The van der Waals surface area contributed by atoms with E-state index in [0.717, 1.165) is 12.8 Å². The average molecular weight is 327 g/mol. The quantitative estimate of drug-likeness (QED) is 0.736. The van der Waals surface area contributed by atoms with E-state index in [2.05, 4.69) is 55.4 Å². The molecule has 23 heavy (non-hydrogen) atoms. The molecule has 0 amide bonds. The van der Waals surface area contributed by atoms with Crippen molar-refractivity contribution in [2.45, 2.75) is 98.9 Å². The van der Waals surface area contributed by atoms with Crippen LogP contribution in [0.2, 0.25) is 0 Å². The molecule has 10 atom stereocenters. The van der Waals surface area contributed by atoms with Gasteiger partial charge in [0.25, 0.3) is 0 Å². The molecule has 2 heterocycles. The molecule has 0 spiro atoms. The SMILES string of the molecule is CCC1OC(C)C(C)[C@H](C)[C@@H]1O[C@@H]1OC(CC)[C@H](C)[C@H](C)C1C. The maximum absolute atomic E-state index is 6.58. The number of hydrogen-bond donors (Lipinski definition) is 0. The molecule has 2 aliphatic heterocycles. The van der Waals surface area contributed by atoms with Gasteiger partial charge in [0.05, 0.1) is 24.4 Å². The van der Waals surface area contributed by atoms with Crippen LogP contribution in [-0.2, 0) is 14.2 Å². The summed E-state index contributed by atoms with van der Waals surface area (Å²) in [6.07, 6.45) is 2.88. The highest BCUT2D eigenvalue weighted by Crippen LogP contribution is 2.40. The van der Waals surface area contributed by atoms with Crippen molar-refractivity contribution >= 4 is 0 Å². The number of ether oxygens (including phenoxy) is 3. The third-order valence-corrected chi connectivity index (χ3v) is 6.92. The molecule has 0 bridgehead atoms. The Morgan fingerprint density at radius 2 is 1.26 bits per heavy atom. The Kier molecular flexibility index (Phi) is 6.55. The molecule has 0 N–H and O–H groups in total. The minimum Gasteiger partial charge on any atom is -0.372 e. The first-order valence-electron chi connectivity index (χ1n) is 9.78. The van der Waals surface area contributed by atoms with Gasteiger partial charge in [-0.25, -0.2) is 0 Å². The fraction of sp³-hybridized carbons (Fsp3) is 1.00. The van der Waals surface area contributed by atoms with E-state index in [1.54, 1.807) is 0 Å². The minimum atomic E-state index is -0.100. The third-order valence-electron chi connectivity index (χ3n) is 6.92. The average Bonchev–Trinajstić information content (AvgIpc) is 2.55. The van der Waals surface area contributed by atoms with E-state index in [1.165, 1.54) is 0 Å². The zero-order chi connectivity index (χ0) is 17.3. The molecule has 2 fully saturated rings. The Morgan fingerprint density at radius 3 is 1.83 bits per heavy atom. The fourth-order valence-corrected chi connectivity index (χ4v) is 4.35. The first kappa shape index (κ1) is 19.2. The Balaban J connectivity index is 2.11. The number of hydrogen-bond acceptors (Lipinski definition) is 3. The molecule has 2 rings (SSSR count). The van der Waals surface area contributed by atoms with Crippen LogP contribution >= 0.6 is 0 Å². The second-order valence-electron chi connectivity index (χ2n) is 8.14. The summed E-state index contributed by atoms with van der Waals surface area (Å²) in [5, 5.41) is 0. The van der Waals surface area contributed by atoms with Gasteiger partial charge in [-0.2, -0.15) is 0 Å². The van der Waals surface area contributed by atoms with Gasteiger partial charge in [-0.1, -0.05) is 48.5 Å². The molecule has 2 aliphatic rings. The predicted molar refractivity (Wildman–Crippen MR) is 94.3 cm³/mol. The lowest BCUT2D eigenvalue weighted by molar-refractivity contribution is -0.299. The molecule has 2 saturated heterocycles. The Morgan fingerprint density at radius 1 is 0.652 bits per heavy atom. The molecule has 0 aliphatic carbocycles. The number of rotatable bonds is 4. The molecule has 0 aromatic heterocycles. The summed E-state index contributed by atoms with van der Waals surface area (Å²) < 4.78 is 19.2. The van der Waals surface area contributed by atoms with Gasteiger partial charge in [-0.15, -0.1) is 0 Å². The highest BCUT2D eigenvalue weighted by Gasteiger charge is 2.45. The van der Waals surface area contributed by atoms with Crippen LogP contribution in [0.1, 0.15) is 68.2 Å². The van der Waals surface area contributed by atoms with Gasteiger partial charge in [-0.05, 0) is 43.4 Å². The third kappa shape index (κ3) is 3.77. The van der Waals surface area contributed by atoms with Crippen LogP contribution in [0.15, 0.2) is 0 Å². The molecular weight excluding hydrogens is 288 g/mol. The normalized spacial score (nSPS) is 51.7. The molecule has 136 valence electrons. The maximum atomic E-state index is 6.58. The van der Waals surface area contributed by atoms with Gasteiger partial charge >= 0.3 is 0 Å². The van der Waals surface area contributed by atoms with E-state index in [-0.39, 0.29) is 18.5 Å². The monoisotopic (exact) mass is 326 g/mol. The van der Waals surface area contributed by atoms with Gasteiger partial charge in [0.1, 0.15) is 0 Å². The second kappa shape index (κ2) is 7.84. The lowest BCUT2D eigenvalue weighted by Gasteiger charge is -2.48. The molecule has 3 heteroatoms. The maximum Gasteiger partial charge on any atom is 0.161 e. The smallest absolute Gasteiger partial charge is 0.161 e. The largest absolute Gasteiger partial charge is 0.372 e.